The molecule has 0 saturated heterocycles. The van der Waals surface area contributed by atoms with Crippen molar-refractivity contribution in [2.24, 2.45) is 0 Å². The first kappa shape index (κ1) is 11.8. The number of nitrogens with one attached hydrogen (secondary N) is 2. The fourth-order valence-corrected chi connectivity index (χ4v) is 1.51. The number of halogens is 1. The van der Waals surface area contributed by atoms with E-state index in [1.165, 1.54) is 0 Å². The summed E-state index contributed by atoms with van der Waals surface area (Å²) in [6, 6.07) is 5.60. The van der Waals surface area contributed by atoms with Gasteiger partial charge in [0, 0.05) is 24.5 Å². The number of rotatable bonds is 4. The van der Waals surface area contributed by atoms with Crippen LogP contribution in [-0.2, 0) is 4.79 Å². The van der Waals surface area contributed by atoms with E-state index in [0.717, 1.165) is 10.2 Å². The fraction of sp³-hybridized carbons (Fsp3) is 0.300. The predicted molar refractivity (Wildman–Crippen MR) is 65.7 cm³/mol. The minimum Gasteiger partial charge on any atom is -0.397 e. The standard InChI is InChI=1S/C10H14BrN3O/c1-13-10(15)4-5-14-9-3-2-7(11)6-8(9)12/h2-3,6,14H,4-5,12H2,1H3,(H,13,15). The summed E-state index contributed by atoms with van der Waals surface area (Å²) in [6.45, 7) is 0.575. The molecule has 1 rings (SSSR count). The average Bonchev–Trinajstić information content (AvgIpc) is 2.21. The Morgan fingerprint density at radius 1 is 1.53 bits per heavy atom. The summed E-state index contributed by atoms with van der Waals surface area (Å²) < 4.78 is 0.942. The lowest BCUT2D eigenvalue weighted by molar-refractivity contribution is -0.120. The van der Waals surface area contributed by atoms with Gasteiger partial charge in [0.05, 0.1) is 11.4 Å². The van der Waals surface area contributed by atoms with Gasteiger partial charge in [0.25, 0.3) is 0 Å². The molecule has 0 heterocycles. The quantitative estimate of drug-likeness (QED) is 0.729. The molecular formula is C10H14BrN3O. The molecule has 0 aliphatic rings. The summed E-state index contributed by atoms with van der Waals surface area (Å²) >= 11 is 3.33. The lowest BCUT2D eigenvalue weighted by Crippen LogP contribution is -2.20. The number of carbonyl (C=O) groups is 1. The van der Waals surface area contributed by atoms with E-state index >= 15 is 0 Å². The Kier molecular flexibility index (Phi) is 4.42. The molecule has 1 aromatic carbocycles. The Morgan fingerprint density at radius 3 is 2.87 bits per heavy atom. The molecule has 5 heteroatoms. The minimum absolute atomic E-state index is 0.0122. The molecule has 1 aromatic rings. The van der Waals surface area contributed by atoms with E-state index in [0.29, 0.717) is 18.7 Å². The maximum Gasteiger partial charge on any atom is 0.221 e. The number of anilines is 2. The van der Waals surface area contributed by atoms with Crippen molar-refractivity contribution in [2.45, 2.75) is 6.42 Å². The van der Waals surface area contributed by atoms with Gasteiger partial charge >= 0.3 is 0 Å². The number of hydrogen-bond acceptors (Lipinski definition) is 3. The summed E-state index contributed by atoms with van der Waals surface area (Å²) in [4.78, 5) is 11.0. The third kappa shape index (κ3) is 3.79. The Hall–Kier alpha value is -1.23. The van der Waals surface area contributed by atoms with Gasteiger partial charge in [0.15, 0.2) is 0 Å². The third-order valence-corrected chi connectivity index (χ3v) is 2.45. The van der Waals surface area contributed by atoms with Crippen LogP contribution < -0.4 is 16.4 Å². The number of benzene rings is 1. The van der Waals surface area contributed by atoms with E-state index < -0.39 is 0 Å². The summed E-state index contributed by atoms with van der Waals surface area (Å²) in [5, 5.41) is 5.66. The van der Waals surface area contributed by atoms with E-state index in [4.69, 9.17) is 5.73 Å². The van der Waals surface area contributed by atoms with Crippen molar-refractivity contribution >= 4 is 33.2 Å². The molecule has 4 nitrogen and oxygen atoms in total. The highest BCUT2D eigenvalue weighted by molar-refractivity contribution is 9.10. The van der Waals surface area contributed by atoms with Crippen molar-refractivity contribution < 1.29 is 4.79 Å². The molecule has 0 radical (unpaired) electrons. The number of nitrogens with two attached hydrogens (primary N) is 1. The zero-order valence-electron chi connectivity index (χ0n) is 8.51. The van der Waals surface area contributed by atoms with Gasteiger partial charge in [-0.25, -0.2) is 0 Å². The molecule has 4 N–H and O–H groups in total. The number of nitrogen functional groups attached to an aromatic ring is 1. The predicted octanol–water partition coefficient (Wildman–Crippen LogP) is 1.58. The van der Waals surface area contributed by atoms with Crippen LogP contribution in [0.1, 0.15) is 6.42 Å². The van der Waals surface area contributed by atoms with Crippen molar-refractivity contribution in [3.05, 3.63) is 22.7 Å². The van der Waals surface area contributed by atoms with Crippen LogP contribution in [0.15, 0.2) is 22.7 Å². The van der Waals surface area contributed by atoms with Crippen LogP contribution in [0.4, 0.5) is 11.4 Å². The first-order valence-corrected chi connectivity index (χ1v) is 5.42. The first-order chi connectivity index (χ1) is 7.13. The number of hydrogen-bond donors (Lipinski definition) is 3. The second-order valence-electron chi connectivity index (χ2n) is 3.08. The van der Waals surface area contributed by atoms with Crippen LogP contribution in [0, 0.1) is 0 Å². The highest BCUT2D eigenvalue weighted by Crippen LogP contribution is 2.22. The summed E-state index contributed by atoms with van der Waals surface area (Å²) in [6.07, 6.45) is 0.437. The maximum atomic E-state index is 11.0. The first-order valence-electron chi connectivity index (χ1n) is 4.63. The van der Waals surface area contributed by atoms with Crippen molar-refractivity contribution in [1.29, 1.82) is 0 Å². The van der Waals surface area contributed by atoms with Crippen LogP contribution in [0.2, 0.25) is 0 Å². The molecule has 0 aliphatic carbocycles. The van der Waals surface area contributed by atoms with Gasteiger partial charge in [0.2, 0.25) is 5.91 Å². The van der Waals surface area contributed by atoms with Crippen LogP contribution >= 0.6 is 15.9 Å². The molecule has 15 heavy (non-hydrogen) atoms. The molecule has 82 valence electrons. The second-order valence-corrected chi connectivity index (χ2v) is 4.00. The minimum atomic E-state index is 0.0122. The lowest BCUT2D eigenvalue weighted by atomic mass is 10.2. The monoisotopic (exact) mass is 271 g/mol. The number of amides is 1. The summed E-state index contributed by atoms with van der Waals surface area (Å²) in [7, 11) is 1.62. The van der Waals surface area contributed by atoms with E-state index in [1.54, 1.807) is 7.05 Å². The van der Waals surface area contributed by atoms with Crippen molar-refractivity contribution in [3.8, 4) is 0 Å². The molecule has 0 fully saturated rings. The Balaban J connectivity index is 2.47. The zero-order chi connectivity index (χ0) is 11.3. The highest BCUT2D eigenvalue weighted by atomic mass is 79.9. The Labute approximate surface area is 97.4 Å². The van der Waals surface area contributed by atoms with E-state index in [9.17, 15) is 4.79 Å². The molecule has 0 aromatic heterocycles. The molecule has 0 atom stereocenters. The largest absolute Gasteiger partial charge is 0.397 e. The van der Waals surface area contributed by atoms with Gasteiger partial charge in [-0.1, -0.05) is 15.9 Å². The van der Waals surface area contributed by atoms with Gasteiger partial charge in [-0.3, -0.25) is 4.79 Å². The lowest BCUT2D eigenvalue weighted by Gasteiger charge is -2.08. The molecule has 1 amide bonds. The van der Waals surface area contributed by atoms with Crippen LogP contribution in [0.25, 0.3) is 0 Å². The van der Waals surface area contributed by atoms with Gasteiger partial charge in [-0.15, -0.1) is 0 Å². The topological polar surface area (TPSA) is 67.2 Å². The average molecular weight is 272 g/mol. The van der Waals surface area contributed by atoms with Crippen LogP contribution in [0.3, 0.4) is 0 Å². The zero-order valence-corrected chi connectivity index (χ0v) is 10.1. The van der Waals surface area contributed by atoms with Gasteiger partial charge in [0.1, 0.15) is 0 Å². The van der Waals surface area contributed by atoms with Crippen LogP contribution in [-0.4, -0.2) is 19.5 Å². The summed E-state index contributed by atoms with van der Waals surface area (Å²) in [5.74, 6) is 0.0122. The van der Waals surface area contributed by atoms with Crippen molar-refractivity contribution in [1.82, 2.24) is 5.32 Å². The van der Waals surface area contributed by atoms with Gasteiger partial charge < -0.3 is 16.4 Å². The fourth-order valence-electron chi connectivity index (χ4n) is 1.13. The normalized spacial score (nSPS) is 9.73. The van der Waals surface area contributed by atoms with Gasteiger partial charge in [-0.2, -0.15) is 0 Å². The maximum absolute atomic E-state index is 11.0. The molecular weight excluding hydrogens is 258 g/mol. The third-order valence-electron chi connectivity index (χ3n) is 1.96. The highest BCUT2D eigenvalue weighted by Gasteiger charge is 2.00. The van der Waals surface area contributed by atoms with Crippen molar-refractivity contribution in [2.75, 3.05) is 24.6 Å². The molecule has 0 aliphatic heterocycles. The van der Waals surface area contributed by atoms with E-state index in [-0.39, 0.29) is 5.91 Å². The van der Waals surface area contributed by atoms with Crippen LogP contribution in [0.5, 0.6) is 0 Å². The van der Waals surface area contributed by atoms with E-state index in [1.807, 2.05) is 18.2 Å². The molecule has 0 saturated carbocycles. The van der Waals surface area contributed by atoms with Gasteiger partial charge in [-0.05, 0) is 18.2 Å². The smallest absolute Gasteiger partial charge is 0.221 e. The Bertz CT molecular complexity index is 355. The second kappa shape index (κ2) is 5.60. The molecule has 0 unspecified atom stereocenters. The SMILES string of the molecule is CNC(=O)CCNc1ccc(Br)cc1N. The summed E-state index contributed by atoms with van der Waals surface area (Å²) in [5.41, 5.74) is 7.29. The molecule has 0 bridgehead atoms. The van der Waals surface area contributed by atoms with Crippen molar-refractivity contribution in [3.63, 3.8) is 0 Å². The number of carbonyl (C=O) groups excluding carboxylic acids is 1. The Morgan fingerprint density at radius 2 is 2.27 bits per heavy atom. The van der Waals surface area contributed by atoms with E-state index in [2.05, 4.69) is 26.6 Å². The molecule has 0 spiro atoms.